The number of amides is 2. The number of hydrogen-bond acceptors (Lipinski definition) is 8. The number of ether oxygens (including phenoxy) is 3. The lowest BCUT2D eigenvalue weighted by Crippen LogP contribution is -2.44. The van der Waals surface area contributed by atoms with Crippen LogP contribution in [-0.4, -0.2) is 58.8 Å². The summed E-state index contributed by atoms with van der Waals surface area (Å²) in [6, 6.07) is 26.4. The molecule has 0 bridgehead atoms. The zero-order chi connectivity index (χ0) is 33.3. The van der Waals surface area contributed by atoms with Crippen molar-refractivity contribution in [3.05, 3.63) is 118 Å². The van der Waals surface area contributed by atoms with Gasteiger partial charge in [0.1, 0.15) is 30.6 Å². The maximum absolute atomic E-state index is 13.7. The fraction of sp³-hybridized carbons (Fsp3) is 0.194. The summed E-state index contributed by atoms with van der Waals surface area (Å²) >= 11 is 5.98. The molecule has 10 nitrogen and oxygen atoms in total. The molecule has 11 heteroatoms. The van der Waals surface area contributed by atoms with Crippen molar-refractivity contribution in [3.8, 4) is 28.8 Å². The van der Waals surface area contributed by atoms with Crippen molar-refractivity contribution in [2.24, 2.45) is 0 Å². The minimum Gasteiger partial charge on any atom is -0.489 e. The highest BCUT2D eigenvalue weighted by molar-refractivity contribution is 6.30. The number of halogens is 1. The topological polar surface area (TPSA) is 124 Å². The molecule has 2 amide bonds. The van der Waals surface area contributed by atoms with Crippen LogP contribution >= 0.6 is 11.6 Å². The Morgan fingerprint density at radius 2 is 1.68 bits per heavy atom. The Hall–Kier alpha value is -5.50. The Morgan fingerprint density at radius 1 is 0.957 bits per heavy atom. The number of esters is 1. The standard InChI is InChI=1S/C36H31ClN4O6/c1-24-32(35(43)40(36(44)33(24)21-38)16-17-45-18-19-46-25(2)42)20-28-22-41(30-6-4-3-5-7-30)39-34(28)27-10-14-31(15-11-27)47-23-26-8-12-29(37)13-9-26/h3-15,20,22H,16-19,23H2,1-2H3/b32-20+. The Kier molecular flexibility index (Phi) is 10.6. The van der Waals surface area contributed by atoms with Gasteiger partial charge in [0.05, 0.1) is 31.1 Å². The fourth-order valence-corrected chi connectivity index (χ4v) is 5.00. The Bertz CT molecular complexity index is 1870. The summed E-state index contributed by atoms with van der Waals surface area (Å²) in [6.07, 6.45) is 3.46. The van der Waals surface area contributed by atoms with Crippen LogP contribution in [0.5, 0.6) is 5.75 Å². The Labute approximate surface area is 277 Å². The highest BCUT2D eigenvalue weighted by atomic mass is 35.5. The van der Waals surface area contributed by atoms with Crippen LogP contribution in [0.3, 0.4) is 0 Å². The first-order valence-electron chi connectivity index (χ1n) is 14.8. The molecule has 0 fully saturated rings. The number of nitriles is 1. The van der Waals surface area contributed by atoms with E-state index in [1.165, 1.54) is 6.92 Å². The molecule has 5 rings (SSSR count). The third-order valence-electron chi connectivity index (χ3n) is 7.33. The van der Waals surface area contributed by atoms with Gasteiger partial charge in [-0.1, -0.05) is 41.9 Å². The Morgan fingerprint density at radius 3 is 2.36 bits per heavy atom. The number of hydrogen-bond donors (Lipinski definition) is 0. The molecular weight excluding hydrogens is 620 g/mol. The van der Waals surface area contributed by atoms with E-state index < -0.39 is 17.8 Å². The molecule has 0 unspecified atom stereocenters. The molecule has 0 N–H and O–H groups in total. The van der Waals surface area contributed by atoms with Gasteiger partial charge in [-0.3, -0.25) is 19.3 Å². The number of aromatic nitrogens is 2. The van der Waals surface area contributed by atoms with Crippen LogP contribution in [0.15, 0.2) is 102 Å². The molecule has 0 saturated carbocycles. The van der Waals surface area contributed by atoms with E-state index in [1.807, 2.05) is 84.9 Å². The van der Waals surface area contributed by atoms with E-state index >= 15 is 0 Å². The summed E-state index contributed by atoms with van der Waals surface area (Å²) < 4.78 is 18.0. The van der Waals surface area contributed by atoms with E-state index in [0.29, 0.717) is 28.6 Å². The largest absolute Gasteiger partial charge is 0.489 e. The number of rotatable bonds is 12. The van der Waals surface area contributed by atoms with Crippen molar-refractivity contribution in [3.63, 3.8) is 0 Å². The third kappa shape index (κ3) is 8.02. The molecular formula is C36H31ClN4O6. The SMILES string of the molecule is CC(=O)OCCOCCN1C(=O)C(C#N)=C(C)/C(=C\c2cn(-c3ccccc3)nc2-c2ccc(OCc3ccc(Cl)cc3)cc2)C1=O. The highest BCUT2D eigenvalue weighted by Crippen LogP contribution is 2.32. The van der Waals surface area contributed by atoms with Crippen LogP contribution < -0.4 is 4.74 Å². The molecule has 1 aliphatic rings. The minimum atomic E-state index is -0.690. The van der Waals surface area contributed by atoms with Gasteiger partial charge >= 0.3 is 5.97 Å². The average Bonchev–Trinajstić information content (AvgIpc) is 3.50. The van der Waals surface area contributed by atoms with Crippen LogP contribution in [0.4, 0.5) is 0 Å². The molecule has 47 heavy (non-hydrogen) atoms. The predicted octanol–water partition coefficient (Wildman–Crippen LogP) is 5.94. The van der Waals surface area contributed by atoms with Crippen molar-refractivity contribution in [2.75, 3.05) is 26.4 Å². The monoisotopic (exact) mass is 650 g/mol. The van der Waals surface area contributed by atoms with Crippen LogP contribution in [-0.2, 0) is 30.5 Å². The second kappa shape index (κ2) is 15.2. The molecule has 0 spiro atoms. The molecule has 0 radical (unpaired) electrons. The van der Waals surface area contributed by atoms with Gasteiger partial charge in [-0.2, -0.15) is 10.4 Å². The van der Waals surface area contributed by atoms with Gasteiger partial charge < -0.3 is 14.2 Å². The predicted molar refractivity (Wildman–Crippen MR) is 175 cm³/mol. The van der Waals surface area contributed by atoms with Gasteiger partial charge in [-0.05, 0) is 72.7 Å². The summed E-state index contributed by atoms with van der Waals surface area (Å²) in [5.41, 5.74) is 4.09. The van der Waals surface area contributed by atoms with Gasteiger partial charge in [-0.15, -0.1) is 0 Å². The van der Waals surface area contributed by atoms with E-state index in [1.54, 1.807) is 23.9 Å². The molecule has 1 aliphatic heterocycles. The van der Waals surface area contributed by atoms with Crippen LogP contribution in [0, 0.1) is 11.3 Å². The molecule has 238 valence electrons. The van der Waals surface area contributed by atoms with Crippen molar-refractivity contribution in [2.45, 2.75) is 20.5 Å². The van der Waals surface area contributed by atoms with Gasteiger partial charge in [0.15, 0.2) is 0 Å². The summed E-state index contributed by atoms with van der Waals surface area (Å²) in [7, 11) is 0. The Balaban J connectivity index is 1.44. The quantitative estimate of drug-likeness (QED) is 0.0798. The first-order valence-corrected chi connectivity index (χ1v) is 15.2. The van der Waals surface area contributed by atoms with Gasteiger partial charge in [0, 0.05) is 34.8 Å². The van der Waals surface area contributed by atoms with Gasteiger partial charge in [0.2, 0.25) is 0 Å². The first kappa shape index (κ1) is 32.9. The minimum absolute atomic E-state index is 0.00735. The normalized spacial score (nSPS) is 14.0. The summed E-state index contributed by atoms with van der Waals surface area (Å²) in [5, 5.41) is 15.4. The van der Waals surface area contributed by atoms with Crippen LogP contribution in [0.1, 0.15) is 25.0 Å². The molecule has 3 aromatic carbocycles. The third-order valence-corrected chi connectivity index (χ3v) is 7.58. The lowest BCUT2D eigenvalue weighted by molar-refractivity contribution is -0.142. The summed E-state index contributed by atoms with van der Waals surface area (Å²) in [4.78, 5) is 38.8. The van der Waals surface area contributed by atoms with Crippen molar-refractivity contribution in [1.82, 2.24) is 14.7 Å². The van der Waals surface area contributed by atoms with E-state index in [0.717, 1.165) is 21.7 Å². The zero-order valence-corrected chi connectivity index (χ0v) is 26.6. The number of imide groups is 1. The number of carbonyl (C=O) groups excluding carboxylic acids is 3. The van der Waals surface area contributed by atoms with Crippen molar-refractivity contribution in [1.29, 1.82) is 5.26 Å². The fourth-order valence-electron chi connectivity index (χ4n) is 4.88. The maximum atomic E-state index is 13.7. The molecule has 0 atom stereocenters. The van der Waals surface area contributed by atoms with E-state index in [4.69, 9.17) is 30.9 Å². The summed E-state index contributed by atoms with van der Waals surface area (Å²) in [5.74, 6) is -1.02. The van der Waals surface area contributed by atoms with Crippen LogP contribution in [0.2, 0.25) is 5.02 Å². The van der Waals surface area contributed by atoms with Crippen LogP contribution in [0.25, 0.3) is 23.0 Å². The second-order valence-corrected chi connectivity index (χ2v) is 11.0. The van der Waals surface area contributed by atoms with E-state index in [-0.39, 0.29) is 43.1 Å². The molecule has 0 aliphatic carbocycles. The lowest BCUT2D eigenvalue weighted by Gasteiger charge is -2.27. The average molecular weight is 651 g/mol. The lowest BCUT2D eigenvalue weighted by atomic mass is 9.93. The first-order chi connectivity index (χ1) is 22.7. The summed E-state index contributed by atoms with van der Waals surface area (Å²) in [6.45, 7) is 3.33. The molecule has 1 aromatic heterocycles. The van der Waals surface area contributed by atoms with E-state index in [2.05, 4.69) is 0 Å². The highest BCUT2D eigenvalue weighted by Gasteiger charge is 2.35. The molecule has 2 heterocycles. The van der Waals surface area contributed by atoms with Gasteiger partial charge in [0.25, 0.3) is 11.8 Å². The zero-order valence-electron chi connectivity index (χ0n) is 25.8. The van der Waals surface area contributed by atoms with Gasteiger partial charge in [-0.25, -0.2) is 4.68 Å². The number of nitrogens with zero attached hydrogens (tertiary/aromatic N) is 4. The second-order valence-electron chi connectivity index (χ2n) is 10.5. The number of carbonyl (C=O) groups is 3. The smallest absolute Gasteiger partial charge is 0.302 e. The van der Waals surface area contributed by atoms with E-state index in [9.17, 15) is 19.6 Å². The molecule has 0 saturated heterocycles. The van der Waals surface area contributed by atoms with Crippen molar-refractivity contribution >= 4 is 35.5 Å². The maximum Gasteiger partial charge on any atom is 0.302 e. The number of para-hydroxylation sites is 1. The number of benzene rings is 3. The van der Waals surface area contributed by atoms with Crippen molar-refractivity contribution < 1.29 is 28.6 Å². The molecule has 4 aromatic rings.